The standard InChI is InChI=1S/C19H23NO3S2/c1-12-9-14(3)15(10-13(12)2)11-16-18(23)20(19(24)25-16)8-6-4-5-7-17(21)22/h9-11H,4-8H2,1-3H3,(H,21,22)/b16-11-. The van der Waals surface area contributed by atoms with Crippen molar-refractivity contribution in [2.75, 3.05) is 6.54 Å². The van der Waals surface area contributed by atoms with Gasteiger partial charge in [0.2, 0.25) is 0 Å². The van der Waals surface area contributed by atoms with Crippen LogP contribution in [-0.2, 0) is 9.59 Å². The molecule has 1 aromatic rings. The fourth-order valence-electron chi connectivity index (χ4n) is 2.70. The number of amides is 1. The van der Waals surface area contributed by atoms with E-state index >= 15 is 0 Å². The molecule has 134 valence electrons. The summed E-state index contributed by atoms with van der Waals surface area (Å²) in [5, 5.41) is 8.65. The van der Waals surface area contributed by atoms with Gasteiger partial charge in [-0.2, -0.15) is 0 Å². The van der Waals surface area contributed by atoms with E-state index in [4.69, 9.17) is 17.3 Å². The van der Waals surface area contributed by atoms with Crippen molar-refractivity contribution in [3.63, 3.8) is 0 Å². The van der Waals surface area contributed by atoms with E-state index in [1.165, 1.54) is 22.9 Å². The normalized spacial score (nSPS) is 16.1. The van der Waals surface area contributed by atoms with Crippen LogP contribution in [0.2, 0.25) is 0 Å². The maximum atomic E-state index is 12.6. The Labute approximate surface area is 158 Å². The summed E-state index contributed by atoms with van der Waals surface area (Å²) in [6.07, 6.45) is 4.26. The maximum Gasteiger partial charge on any atom is 0.303 e. The molecule has 2 rings (SSSR count). The zero-order valence-corrected chi connectivity index (χ0v) is 16.4. The molecule has 0 radical (unpaired) electrons. The van der Waals surface area contributed by atoms with Crippen LogP contribution in [0.4, 0.5) is 0 Å². The Morgan fingerprint density at radius 2 is 1.84 bits per heavy atom. The summed E-state index contributed by atoms with van der Waals surface area (Å²) in [5.41, 5.74) is 4.63. The van der Waals surface area contributed by atoms with Gasteiger partial charge in [-0.1, -0.05) is 42.5 Å². The highest BCUT2D eigenvalue weighted by molar-refractivity contribution is 8.26. The number of carboxylic acids is 1. The lowest BCUT2D eigenvalue weighted by atomic mass is 10.0. The smallest absolute Gasteiger partial charge is 0.303 e. The second kappa shape index (κ2) is 8.63. The van der Waals surface area contributed by atoms with Gasteiger partial charge in [0.05, 0.1) is 4.91 Å². The SMILES string of the molecule is Cc1cc(C)c(/C=C2\SC(=S)N(CCCCCC(=O)O)C2=O)cc1C. The second-order valence-corrected chi connectivity index (χ2v) is 8.01. The number of rotatable bonds is 7. The van der Waals surface area contributed by atoms with Crippen LogP contribution in [-0.4, -0.2) is 32.7 Å². The van der Waals surface area contributed by atoms with Gasteiger partial charge < -0.3 is 5.11 Å². The fraction of sp³-hybridized carbons (Fsp3) is 0.421. The first-order valence-corrected chi connectivity index (χ1v) is 9.57. The lowest BCUT2D eigenvalue weighted by Gasteiger charge is -2.13. The number of nitrogens with zero attached hydrogens (tertiary/aromatic N) is 1. The number of unbranched alkanes of at least 4 members (excludes halogenated alkanes) is 2. The summed E-state index contributed by atoms with van der Waals surface area (Å²) >= 11 is 6.68. The minimum absolute atomic E-state index is 0.0501. The summed E-state index contributed by atoms with van der Waals surface area (Å²) in [5.74, 6) is -0.830. The number of hydrogen-bond donors (Lipinski definition) is 1. The van der Waals surface area contributed by atoms with Crippen LogP contribution < -0.4 is 0 Å². The van der Waals surface area contributed by atoms with E-state index in [2.05, 4.69) is 26.0 Å². The molecule has 25 heavy (non-hydrogen) atoms. The van der Waals surface area contributed by atoms with E-state index in [1.807, 2.05) is 13.0 Å². The highest BCUT2D eigenvalue weighted by Gasteiger charge is 2.31. The topological polar surface area (TPSA) is 57.6 Å². The lowest BCUT2D eigenvalue weighted by Crippen LogP contribution is -2.29. The Hall–Kier alpha value is -1.66. The van der Waals surface area contributed by atoms with E-state index in [9.17, 15) is 9.59 Å². The molecule has 0 aromatic heterocycles. The first-order valence-electron chi connectivity index (χ1n) is 8.34. The number of aryl methyl sites for hydroxylation is 3. The van der Waals surface area contributed by atoms with Crippen LogP contribution in [0.1, 0.15) is 47.9 Å². The predicted octanol–water partition coefficient (Wildman–Crippen LogP) is 4.46. The molecule has 0 aliphatic carbocycles. The van der Waals surface area contributed by atoms with Gasteiger partial charge in [0, 0.05) is 13.0 Å². The molecule has 1 N–H and O–H groups in total. The van der Waals surface area contributed by atoms with Crippen LogP contribution in [0.15, 0.2) is 17.0 Å². The zero-order valence-electron chi connectivity index (χ0n) is 14.8. The molecule has 6 heteroatoms. The van der Waals surface area contributed by atoms with Gasteiger partial charge >= 0.3 is 5.97 Å². The number of thioether (sulfide) groups is 1. The van der Waals surface area contributed by atoms with Crippen molar-refractivity contribution in [2.45, 2.75) is 46.5 Å². The highest BCUT2D eigenvalue weighted by Crippen LogP contribution is 2.33. The summed E-state index contributed by atoms with van der Waals surface area (Å²) in [4.78, 5) is 25.4. The van der Waals surface area contributed by atoms with Crippen molar-refractivity contribution in [3.05, 3.63) is 39.3 Å². The van der Waals surface area contributed by atoms with Crippen LogP contribution >= 0.6 is 24.0 Å². The van der Waals surface area contributed by atoms with Gasteiger partial charge in [0.15, 0.2) is 0 Å². The molecule has 1 fully saturated rings. The van der Waals surface area contributed by atoms with E-state index < -0.39 is 5.97 Å². The van der Waals surface area contributed by atoms with E-state index in [-0.39, 0.29) is 12.3 Å². The van der Waals surface area contributed by atoms with Gasteiger partial charge in [0.1, 0.15) is 4.32 Å². The van der Waals surface area contributed by atoms with E-state index in [0.29, 0.717) is 22.2 Å². The van der Waals surface area contributed by atoms with Gasteiger partial charge in [-0.05, 0) is 61.9 Å². The van der Waals surface area contributed by atoms with Gasteiger partial charge in [-0.25, -0.2) is 0 Å². The Morgan fingerprint density at radius 3 is 2.52 bits per heavy atom. The second-order valence-electron chi connectivity index (χ2n) is 6.33. The number of carbonyl (C=O) groups excluding carboxylic acids is 1. The molecular formula is C19H23NO3S2. The quantitative estimate of drug-likeness (QED) is 0.432. The monoisotopic (exact) mass is 377 g/mol. The summed E-state index contributed by atoms with van der Waals surface area (Å²) < 4.78 is 0.580. The minimum Gasteiger partial charge on any atom is -0.481 e. The van der Waals surface area contributed by atoms with E-state index in [0.717, 1.165) is 24.0 Å². The first kappa shape index (κ1) is 19.7. The summed E-state index contributed by atoms with van der Waals surface area (Å²) in [7, 11) is 0. The Balaban J connectivity index is 2.03. The van der Waals surface area contributed by atoms with Crippen molar-refractivity contribution in [3.8, 4) is 0 Å². The molecule has 0 unspecified atom stereocenters. The van der Waals surface area contributed by atoms with Gasteiger partial charge in [-0.3, -0.25) is 14.5 Å². The number of benzene rings is 1. The number of thiocarbonyl (C=S) groups is 1. The van der Waals surface area contributed by atoms with Crippen LogP contribution in [0.5, 0.6) is 0 Å². The molecule has 0 bridgehead atoms. The number of carbonyl (C=O) groups is 2. The van der Waals surface area contributed by atoms with Crippen LogP contribution in [0, 0.1) is 20.8 Å². The van der Waals surface area contributed by atoms with Crippen molar-refractivity contribution in [2.24, 2.45) is 0 Å². The Kier molecular flexibility index (Phi) is 6.79. The third kappa shape index (κ3) is 5.16. The number of carboxylic acid groups (broad SMARTS) is 1. The molecule has 1 aliphatic heterocycles. The van der Waals surface area contributed by atoms with Crippen LogP contribution in [0.3, 0.4) is 0 Å². The van der Waals surface area contributed by atoms with E-state index in [1.54, 1.807) is 4.90 Å². The molecule has 4 nitrogen and oxygen atoms in total. The van der Waals surface area contributed by atoms with Gasteiger partial charge in [0.25, 0.3) is 5.91 Å². The molecule has 1 heterocycles. The number of hydrogen-bond acceptors (Lipinski definition) is 4. The maximum absolute atomic E-state index is 12.6. The predicted molar refractivity (Wildman–Crippen MR) is 107 cm³/mol. The third-order valence-corrected chi connectivity index (χ3v) is 5.69. The molecular weight excluding hydrogens is 354 g/mol. The van der Waals surface area contributed by atoms with Crippen molar-refractivity contribution >= 4 is 46.3 Å². The zero-order chi connectivity index (χ0) is 18.6. The fourth-order valence-corrected chi connectivity index (χ4v) is 3.99. The summed E-state index contributed by atoms with van der Waals surface area (Å²) in [6, 6.07) is 4.23. The van der Waals surface area contributed by atoms with Gasteiger partial charge in [-0.15, -0.1) is 0 Å². The molecule has 0 atom stereocenters. The van der Waals surface area contributed by atoms with Crippen molar-refractivity contribution in [1.82, 2.24) is 4.90 Å². The van der Waals surface area contributed by atoms with Crippen LogP contribution in [0.25, 0.3) is 6.08 Å². The Bertz CT molecular complexity index is 740. The summed E-state index contributed by atoms with van der Waals surface area (Å²) in [6.45, 7) is 6.74. The molecule has 0 saturated carbocycles. The first-order chi connectivity index (χ1) is 11.8. The van der Waals surface area contributed by atoms with Crippen molar-refractivity contribution in [1.29, 1.82) is 0 Å². The molecule has 1 aromatic carbocycles. The largest absolute Gasteiger partial charge is 0.481 e. The molecule has 1 aliphatic rings. The molecule has 1 amide bonds. The minimum atomic E-state index is -0.780. The molecule has 0 spiro atoms. The average molecular weight is 378 g/mol. The average Bonchev–Trinajstić information content (AvgIpc) is 2.79. The Morgan fingerprint density at radius 1 is 1.16 bits per heavy atom. The van der Waals surface area contributed by atoms with Crippen molar-refractivity contribution < 1.29 is 14.7 Å². The lowest BCUT2D eigenvalue weighted by molar-refractivity contribution is -0.137. The number of aliphatic carboxylic acids is 1. The molecule has 1 saturated heterocycles. The highest BCUT2D eigenvalue weighted by atomic mass is 32.2. The third-order valence-electron chi connectivity index (χ3n) is 4.31.